The maximum Gasteiger partial charge on any atom is 0.110 e. The Morgan fingerprint density at radius 1 is 0.900 bits per heavy atom. The quantitative estimate of drug-likeness (QED) is 0.781. The maximum atomic E-state index is 4.48. The molecule has 0 spiro atoms. The summed E-state index contributed by atoms with van der Waals surface area (Å²) < 4.78 is 0. The number of aryl methyl sites for hydroxylation is 1. The van der Waals surface area contributed by atoms with E-state index in [9.17, 15) is 0 Å². The van der Waals surface area contributed by atoms with E-state index in [2.05, 4.69) is 70.6 Å². The van der Waals surface area contributed by atoms with Crippen LogP contribution in [0.25, 0.3) is 0 Å². The number of nitrogens with zero attached hydrogens (tertiary/aromatic N) is 2. The molecule has 0 N–H and O–H groups in total. The molecule has 2 heteroatoms. The van der Waals surface area contributed by atoms with Crippen molar-refractivity contribution in [3.8, 4) is 0 Å². The van der Waals surface area contributed by atoms with Gasteiger partial charge in [-0.25, -0.2) is 4.99 Å². The highest BCUT2D eigenvalue weighted by Gasteiger charge is 2.22. The Hall–Kier alpha value is -2.22. The van der Waals surface area contributed by atoms with Gasteiger partial charge in [-0.1, -0.05) is 60.7 Å². The SMILES string of the molecule is C1=NC=NC1C(CCc1ccccc1)c1ccccc1. The molecule has 0 bridgehead atoms. The molecular formula is C18H18N2. The third-order valence-corrected chi connectivity index (χ3v) is 3.77. The van der Waals surface area contributed by atoms with E-state index in [1.54, 1.807) is 6.34 Å². The van der Waals surface area contributed by atoms with Crippen molar-refractivity contribution in [3.63, 3.8) is 0 Å². The summed E-state index contributed by atoms with van der Waals surface area (Å²) in [7, 11) is 0. The number of aliphatic imine (C=N–C) groups is 2. The third-order valence-electron chi connectivity index (χ3n) is 3.77. The minimum atomic E-state index is 0.182. The minimum Gasteiger partial charge on any atom is -0.264 e. The molecule has 100 valence electrons. The molecule has 0 aliphatic carbocycles. The lowest BCUT2D eigenvalue weighted by Crippen LogP contribution is -2.17. The van der Waals surface area contributed by atoms with Gasteiger partial charge < -0.3 is 0 Å². The zero-order valence-electron chi connectivity index (χ0n) is 11.4. The Morgan fingerprint density at radius 2 is 1.60 bits per heavy atom. The molecular weight excluding hydrogens is 244 g/mol. The summed E-state index contributed by atoms with van der Waals surface area (Å²) in [5.41, 5.74) is 2.73. The van der Waals surface area contributed by atoms with Crippen molar-refractivity contribution in [2.24, 2.45) is 9.98 Å². The van der Waals surface area contributed by atoms with Crippen molar-refractivity contribution in [1.29, 1.82) is 0 Å². The summed E-state index contributed by atoms with van der Waals surface area (Å²) >= 11 is 0. The summed E-state index contributed by atoms with van der Waals surface area (Å²) in [6.45, 7) is 0. The molecule has 0 aromatic heterocycles. The first-order valence-corrected chi connectivity index (χ1v) is 7.07. The summed E-state index contributed by atoms with van der Waals surface area (Å²) in [5, 5.41) is 0. The minimum absolute atomic E-state index is 0.182. The van der Waals surface area contributed by atoms with Gasteiger partial charge in [0.05, 0.1) is 6.04 Å². The first kappa shape index (κ1) is 12.8. The lowest BCUT2D eigenvalue weighted by atomic mass is 9.87. The molecule has 2 aromatic carbocycles. The van der Waals surface area contributed by atoms with Crippen molar-refractivity contribution in [2.45, 2.75) is 24.8 Å². The van der Waals surface area contributed by atoms with Crippen molar-refractivity contribution < 1.29 is 0 Å². The summed E-state index contributed by atoms with van der Waals surface area (Å²) in [6.07, 6.45) is 5.79. The van der Waals surface area contributed by atoms with Crippen LogP contribution in [0, 0.1) is 0 Å². The van der Waals surface area contributed by atoms with E-state index in [-0.39, 0.29) is 6.04 Å². The molecule has 20 heavy (non-hydrogen) atoms. The number of hydrogen-bond donors (Lipinski definition) is 0. The zero-order chi connectivity index (χ0) is 13.6. The molecule has 1 aliphatic heterocycles. The fraction of sp³-hybridized carbons (Fsp3) is 0.222. The van der Waals surface area contributed by atoms with Gasteiger partial charge in [0.1, 0.15) is 6.34 Å². The summed E-state index contributed by atoms with van der Waals surface area (Å²) in [5.74, 6) is 0.402. The van der Waals surface area contributed by atoms with E-state index in [0.29, 0.717) is 5.92 Å². The van der Waals surface area contributed by atoms with Crippen LogP contribution < -0.4 is 0 Å². The van der Waals surface area contributed by atoms with Crippen molar-refractivity contribution in [3.05, 3.63) is 71.8 Å². The van der Waals surface area contributed by atoms with Crippen LogP contribution in [-0.2, 0) is 6.42 Å². The molecule has 2 atom stereocenters. The smallest absolute Gasteiger partial charge is 0.110 e. The van der Waals surface area contributed by atoms with Crippen molar-refractivity contribution in [2.75, 3.05) is 0 Å². The molecule has 2 nitrogen and oxygen atoms in total. The van der Waals surface area contributed by atoms with E-state index in [0.717, 1.165) is 12.8 Å². The molecule has 1 heterocycles. The van der Waals surface area contributed by atoms with E-state index in [1.807, 2.05) is 6.21 Å². The first-order valence-electron chi connectivity index (χ1n) is 7.07. The Kier molecular flexibility index (Phi) is 4.02. The standard InChI is InChI=1S/C18H18N2/c1-3-7-15(8-4-1)11-12-17(18-13-19-14-20-18)16-9-5-2-6-10-16/h1-10,13-14,17-18H,11-12H2. The number of rotatable bonds is 5. The zero-order valence-corrected chi connectivity index (χ0v) is 11.4. The summed E-state index contributed by atoms with van der Waals surface area (Å²) in [4.78, 5) is 8.63. The summed E-state index contributed by atoms with van der Waals surface area (Å²) in [6, 6.07) is 21.5. The van der Waals surface area contributed by atoms with Gasteiger partial charge in [-0.3, -0.25) is 4.99 Å². The molecule has 0 radical (unpaired) electrons. The van der Waals surface area contributed by atoms with Crippen LogP contribution in [-0.4, -0.2) is 18.6 Å². The second-order valence-corrected chi connectivity index (χ2v) is 5.09. The van der Waals surface area contributed by atoms with Crippen LogP contribution in [0.15, 0.2) is 70.6 Å². The molecule has 0 saturated heterocycles. The fourth-order valence-electron chi connectivity index (χ4n) is 2.69. The fourth-order valence-corrected chi connectivity index (χ4v) is 2.69. The first-order chi connectivity index (χ1) is 9.93. The number of benzene rings is 2. The van der Waals surface area contributed by atoms with Gasteiger partial charge >= 0.3 is 0 Å². The second kappa shape index (κ2) is 6.29. The molecule has 3 rings (SSSR count). The van der Waals surface area contributed by atoms with Gasteiger partial charge in [0, 0.05) is 12.1 Å². The maximum absolute atomic E-state index is 4.48. The molecule has 0 fully saturated rings. The average Bonchev–Trinajstić information content (AvgIpc) is 3.04. The highest BCUT2D eigenvalue weighted by Crippen LogP contribution is 2.27. The van der Waals surface area contributed by atoms with Crippen LogP contribution in [0.1, 0.15) is 23.5 Å². The average molecular weight is 262 g/mol. The monoisotopic (exact) mass is 262 g/mol. The molecule has 0 saturated carbocycles. The predicted octanol–water partition coefficient (Wildman–Crippen LogP) is 3.88. The second-order valence-electron chi connectivity index (χ2n) is 5.09. The van der Waals surface area contributed by atoms with Crippen LogP contribution in [0.5, 0.6) is 0 Å². The van der Waals surface area contributed by atoms with Crippen molar-refractivity contribution in [1.82, 2.24) is 0 Å². The van der Waals surface area contributed by atoms with E-state index < -0.39 is 0 Å². The highest BCUT2D eigenvalue weighted by atomic mass is 15.0. The lowest BCUT2D eigenvalue weighted by molar-refractivity contribution is 0.595. The highest BCUT2D eigenvalue weighted by molar-refractivity contribution is 5.83. The molecule has 1 aliphatic rings. The van der Waals surface area contributed by atoms with Crippen LogP contribution >= 0.6 is 0 Å². The van der Waals surface area contributed by atoms with Gasteiger partial charge in [0.2, 0.25) is 0 Å². The van der Waals surface area contributed by atoms with Crippen LogP contribution in [0.3, 0.4) is 0 Å². The van der Waals surface area contributed by atoms with Gasteiger partial charge in [-0.15, -0.1) is 0 Å². The van der Waals surface area contributed by atoms with Crippen LogP contribution in [0.2, 0.25) is 0 Å². The van der Waals surface area contributed by atoms with E-state index in [4.69, 9.17) is 0 Å². The topological polar surface area (TPSA) is 24.7 Å². The Balaban J connectivity index is 1.76. The van der Waals surface area contributed by atoms with E-state index in [1.165, 1.54) is 11.1 Å². The third kappa shape index (κ3) is 3.02. The van der Waals surface area contributed by atoms with Crippen molar-refractivity contribution >= 4 is 12.6 Å². The molecule has 2 unspecified atom stereocenters. The van der Waals surface area contributed by atoms with E-state index >= 15 is 0 Å². The van der Waals surface area contributed by atoms with Gasteiger partial charge in [0.25, 0.3) is 0 Å². The molecule has 2 aromatic rings. The largest absolute Gasteiger partial charge is 0.264 e. The lowest BCUT2D eigenvalue weighted by Gasteiger charge is -2.20. The number of hydrogen-bond acceptors (Lipinski definition) is 2. The Bertz CT molecular complexity index is 575. The van der Waals surface area contributed by atoms with Crippen LogP contribution in [0.4, 0.5) is 0 Å². The van der Waals surface area contributed by atoms with Gasteiger partial charge in [-0.2, -0.15) is 0 Å². The van der Waals surface area contributed by atoms with Gasteiger partial charge in [-0.05, 0) is 24.0 Å². The molecule has 0 amide bonds. The Labute approximate surface area is 119 Å². The van der Waals surface area contributed by atoms with Gasteiger partial charge in [0.15, 0.2) is 0 Å². The predicted molar refractivity (Wildman–Crippen MR) is 84.7 cm³/mol. The normalized spacial score (nSPS) is 18.3. The Morgan fingerprint density at radius 3 is 2.25 bits per heavy atom.